The number of hydrogen-bond acceptors (Lipinski definition) is 3. The average Bonchev–Trinajstić information content (AvgIpc) is 2.56. The van der Waals surface area contributed by atoms with Crippen LogP contribution in [0.25, 0.3) is 0 Å². The van der Waals surface area contributed by atoms with Crippen molar-refractivity contribution in [2.24, 2.45) is 5.92 Å². The summed E-state index contributed by atoms with van der Waals surface area (Å²) >= 11 is 0. The zero-order valence-corrected chi connectivity index (χ0v) is 14.4. The molecule has 1 aliphatic rings. The molecule has 0 fully saturated rings. The first-order chi connectivity index (χ1) is 11.8. The van der Waals surface area contributed by atoms with E-state index in [-0.39, 0.29) is 12.2 Å². The van der Waals surface area contributed by atoms with Gasteiger partial charge in [-0.25, -0.2) is 0 Å². The summed E-state index contributed by atoms with van der Waals surface area (Å²) in [5.41, 5.74) is 1.83. The second-order valence-corrected chi connectivity index (χ2v) is 6.71. The molecule has 25 heavy (non-hydrogen) atoms. The summed E-state index contributed by atoms with van der Waals surface area (Å²) in [6.45, 7) is 1.99. The molecule has 1 aromatic carbocycles. The van der Waals surface area contributed by atoms with Crippen LogP contribution in [0.4, 0.5) is 13.2 Å². The van der Waals surface area contributed by atoms with Gasteiger partial charge in [-0.05, 0) is 55.4 Å². The lowest BCUT2D eigenvalue weighted by atomic mass is 9.84. The Balaban J connectivity index is 1.95. The highest BCUT2D eigenvalue weighted by Gasteiger charge is 2.43. The molecule has 0 aromatic heterocycles. The fourth-order valence-corrected chi connectivity index (χ4v) is 3.22. The van der Waals surface area contributed by atoms with Crippen LogP contribution in [0.2, 0.25) is 0 Å². The van der Waals surface area contributed by atoms with Crippen molar-refractivity contribution in [3.63, 3.8) is 0 Å². The van der Waals surface area contributed by atoms with Crippen LogP contribution in [0.15, 0.2) is 18.2 Å². The van der Waals surface area contributed by atoms with Crippen molar-refractivity contribution in [2.75, 3.05) is 0 Å². The summed E-state index contributed by atoms with van der Waals surface area (Å²) in [4.78, 5) is 12.2. The van der Waals surface area contributed by atoms with Crippen molar-refractivity contribution in [2.45, 2.75) is 70.6 Å². The second kappa shape index (κ2) is 8.59. The molecule has 6 heteroatoms. The zero-order chi connectivity index (χ0) is 18.4. The number of benzene rings is 1. The highest BCUT2D eigenvalue weighted by molar-refractivity contribution is 5.73. The Hall–Kier alpha value is -1.72. The van der Waals surface area contributed by atoms with Crippen LogP contribution in [-0.4, -0.2) is 23.4 Å². The van der Waals surface area contributed by atoms with Gasteiger partial charge in [-0.3, -0.25) is 4.79 Å². The molecule has 140 valence electrons. The second-order valence-electron chi connectivity index (χ2n) is 6.71. The fraction of sp³-hybridized carbons (Fsp3) is 0.632. The number of carbonyl (C=O) groups excluding carboxylic acids is 1. The number of phenols is 1. The van der Waals surface area contributed by atoms with Crippen LogP contribution in [0.1, 0.15) is 56.6 Å². The molecular formula is C19H25F3O3. The number of esters is 1. The Labute approximate surface area is 146 Å². The van der Waals surface area contributed by atoms with E-state index in [9.17, 15) is 23.1 Å². The van der Waals surface area contributed by atoms with Gasteiger partial charge in [0.1, 0.15) is 5.75 Å². The average molecular weight is 358 g/mol. The van der Waals surface area contributed by atoms with Gasteiger partial charge in [-0.2, -0.15) is 13.2 Å². The lowest BCUT2D eigenvalue weighted by Crippen LogP contribution is -2.37. The number of hydrogen-bond donors (Lipinski definition) is 1. The smallest absolute Gasteiger partial charge is 0.425 e. The van der Waals surface area contributed by atoms with E-state index in [0.29, 0.717) is 32.1 Å². The van der Waals surface area contributed by atoms with Crippen molar-refractivity contribution in [3.05, 3.63) is 29.3 Å². The minimum atomic E-state index is -4.53. The summed E-state index contributed by atoms with van der Waals surface area (Å²) in [7, 11) is 0. The third-order valence-corrected chi connectivity index (χ3v) is 4.69. The van der Waals surface area contributed by atoms with Gasteiger partial charge in [-0.1, -0.05) is 32.3 Å². The van der Waals surface area contributed by atoms with Crippen LogP contribution in [0.3, 0.4) is 0 Å². The van der Waals surface area contributed by atoms with E-state index in [2.05, 4.69) is 0 Å². The van der Waals surface area contributed by atoms with Crippen molar-refractivity contribution in [1.82, 2.24) is 0 Å². The Bertz CT molecular complexity index is 584. The van der Waals surface area contributed by atoms with Crippen molar-refractivity contribution < 1.29 is 27.8 Å². The summed E-state index contributed by atoms with van der Waals surface area (Å²) in [5, 5.41) is 9.48. The van der Waals surface area contributed by atoms with Gasteiger partial charge in [0.05, 0.1) is 5.92 Å². The third kappa shape index (κ3) is 5.65. The molecule has 0 radical (unpaired) electrons. The lowest BCUT2D eigenvalue weighted by molar-refractivity contribution is -0.225. The maximum Gasteiger partial charge on any atom is 0.425 e. The third-order valence-electron chi connectivity index (χ3n) is 4.69. The van der Waals surface area contributed by atoms with Gasteiger partial charge in [0.25, 0.3) is 0 Å². The molecule has 3 nitrogen and oxygen atoms in total. The molecule has 0 heterocycles. The highest BCUT2D eigenvalue weighted by Crippen LogP contribution is 2.32. The van der Waals surface area contributed by atoms with Crippen LogP contribution in [-0.2, 0) is 22.4 Å². The molecule has 1 N–H and O–H groups in total. The summed E-state index contributed by atoms with van der Waals surface area (Å²) < 4.78 is 44.3. The summed E-state index contributed by atoms with van der Waals surface area (Å²) in [5.74, 6) is -1.17. The quantitative estimate of drug-likeness (QED) is 0.555. The summed E-state index contributed by atoms with van der Waals surface area (Å²) in [6, 6.07) is 4.89. The van der Waals surface area contributed by atoms with Gasteiger partial charge < -0.3 is 9.84 Å². The Morgan fingerprint density at radius 1 is 1.28 bits per heavy atom. The number of rotatable bonds is 7. The number of ether oxygens (including phenoxy) is 1. The number of alkyl halides is 3. The number of unbranched alkanes of at least 4 members (excludes halogenated alkanes) is 3. The van der Waals surface area contributed by atoms with E-state index in [1.165, 1.54) is 6.07 Å². The maximum atomic E-state index is 13.1. The molecule has 0 saturated heterocycles. The molecule has 0 bridgehead atoms. The van der Waals surface area contributed by atoms with Gasteiger partial charge in [0, 0.05) is 0 Å². The van der Waals surface area contributed by atoms with E-state index >= 15 is 0 Å². The Morgan fingerprint density at radius 3 is 2.72 bits per heavy atom. The van der Waals surface area contributed by atoms with Crippen LogP contribution in [0.5, 0.6) is 5.75 Å². The number of aryl methyl sites for hydroxylation is 1. The SMILES string of the molecule is CCCCCCC(OC(=O)[C@@H]1CCc2cc(O)ccc2C1)C(F)(F)F. The van der Waals surface area contributed by atoms with Crippen LogP contribution >= 0.6 is 0 Å². The molecule has 1 aliphatic carbocycles. The molecule has 1 unspecified atom stereocenters. The van der Waals surface area contributed by atoms with Crippen LogP contribution < -0.4 is 0 Å². The standard InChI is InChI=1S/C19H25F3O3/c1-2-3-4-5-6-17(19(20,21)22)25-18(24)15-8-7-14-12-16(23)10-9-13(14)11-15/h9-10,12,15,17,23H,2-8,11H2,1H3/t15-,17?/m1/s1. The first-order valence-corrected chi connectivity index (χ1v) is 8.89. The lowest BCUT2D eigenvalue weighted by Gasteiger charge is -2.27. The summed E-state index contributed by atoms with van der Waals surface area (Å²) in [6.07, 6.45) is -2.44. The number of aromatic hydroxyl groups is 1. The van der Waals surface area contributed by atoms with E-state index in [0.717, 1.165) is 24.0 Å². The predicted octanol–water partition coefficient (Wildman–Crippen LogP) is 4.94. The van der Waals surface area contributed by atoms with E-state index in [1.54, 1.807) is 12.1 Å². The van der Waals surface area contributed by atoms with Gasteiger partial charge >= 0.3 is 12.1 Å². The number of carbonyl (C=O) groups is 1. The van der Waals surface area contributed by atoms with Gasteiger partial charge in [-0.15, -0.1) is 0 Å². The normalized spacial score (nSPS) is 18.5. The van der Waals surface area contributed by atoms with Crippen LogP contribution in [0, 0.1) is 5.92 Å². The monoisotopic (exact) mass is 358 g/mol. The number of phenolic OH excluding ortho intramolecular Hbond substituents is 1. The first-order valence-electron chi connectivity index (χ1n) is 8.89. The van der Waals surface area contributed by atoms with E-state index < -0.39 is 24.2 Å². The maximum absolute atomic E-state index is 13.1. The molecule has 0 spiro atoms. The zero-order valence-electron chi connectivity index (χ0n) is 14.4. The Kier molecular flexibility index (Phi) is 6.73. The molecule has 1 aromatic rings. The van der Waals surface area contributed by atoms with E-state index in [4.69, 9.17) is 4.74 Å². The molecular weight excluding hydrogens is 333 g/mol. The first kappa shape index (κ1) is 19.6. The van der Waals surface area contributed by atoms with Gasteiger partial charge in [0.15, 0.2) is 6.10 Å². The number of fused-ring (bicyclic) bond motifs is 1. The number of halogens is 3. The van der Waals surface area contributed by atoms with Gasteiger partial charge in [0.2, 0.25) is 0 Å². The molecule has 2 atom stereocenters. The van der Waals surface area contributed by atoms with E-state index in [1.807, 2.05) is 6.92 Å². The fourth-order valence-electron chi connectivity index (χ4n) is 3.22. The highest BCUT2D eigenvalue weighted by atomic mass is 19.4. The predicted molar refractivity (Wildman–Crippen MR) is 88.3 cm³/mol. The molecule has 0 aliphatic heterocycles. The van der Waals surface area contributed by atoms with Crippen molar-refractivity contribution in [1.29, 1.82) is 0 Å². The topological polar surface area (TPSA) is 46.5 Å². The van der Waals surface area contributed by atoms with Crippen molar-refractivity contribution in [3.8, 4) is 5.75 Å². The minimum Gasteiger partial charge on any atom is -0.508 e. The molecule has 0 amide bonds. The minimum absolute atomic E-state index is 0.156. The largest absolute Gasteiger partial charge is 0.508 e. The van der Waals surface area contributed by atoms with Crippen molar-refractivity contribution >= 4 is 5.97 Å². The Morgan fingerprint density at radius 2 is 2.04 bits per heavy atom. The molecule has 0 saturated carbocycles. The molecule has 2 rings (SSSR count).